The van der Waals surface area contributed by atoms with Crippen LogP contribution >= 0.6 is 0 Å². The molecule has 0 spiro atoms. The minimum absolute atomic E-state index is 0.455. The van der Waals surface area contributed by atoms with Gasteiger partial charge in [-0.3, -0.25) is 38.4 Å². The number of aliphatic carboxylic acids is 4. The first-order chi connectivity index (χ1) is 20.1. The van der Waals surface area contributed by atoms with Gasteiger partial charge in [-0.2, -0.15) is 0 Å². The minimum Gasteiger partial charge on any atom is -0.481 e. The maximum absolute atomic E-state index is 13.9. The predicted octanol–water partition coefficient (Wildman–Crippen LogP) is -4.76. The molecule has 2 fully saturated rings. The molecule has 0 aromatic carbocycles. The summed E-state index contributed by atoms with van der Waals surface area (Å²) in [5, 5.41) is 39.0. The van der Waals surface area contributed by atoms with Gasteiger partial charge >= 0.3 is 23.9 Å². The number of hydrogen-bond donors (Lipinski definition) is 9. The Balaban J connectivity index is 2.79. The SMILES string of the molecule is NC(CCC(=O)C(N)(CCC(=O)O)C(=O)O)C(=O)C(N)(C(=O)O)C1(C2(C(=O)O)C(=O)CCC(N)C2=O)C(=O)CCC(N)C1=O. The highest BCUT2D eigenvalue weighted by atomic mass is 16.4. The minimum atomic E-state index is -4.07. The summed E-state index contributed by atoms with van der Waals surface area (Å²) in [5.74, 6) is -18.7. The zero-order chi connectivity index (χ0) is 34.2. The molecule has 2 rings (SSSR count). The Morgan fingerprint density at radius 3 is 1.75 bits per heavy atom. The molecule has 44 heavy (non-hydrogen) atoms. The molecule has 2 aliphatic carbocycles. The van der Waals surface area contributed by atoms with Crippen molar-refractivity contribution in [2.24, 2.45) is 39.5 Å². The lowest BCUT2D eigenvalue weighted by Gasteiger charge is -2.54. The first-order valence-electron chi connectivity index (χ1n) is 13.1. The normalized spacial score (nSPS) is 29.2. The molecule has 0 heterocycles. The summed E-state index contributed by atoms with van der Waals surface area (Å²) in [5.41, 5.74) is 14.3. The third kappa shape index (κ3) is 5.01. The van der Waals surface area contributed by atoms with Gasteiger partial charge in [-0.05, 0) is 25.7 Å². The molecule has 242 valence electrons. The molecule has 0 aliphatic heterocycles. The number of rotatable bonds is 14. The van der Waals surface area contributed by atoms with Gasteiger partial charge in [0, 0.05) is 25.7 Å². The topological polar surface area (TPSA) is 382 Å². The van der Waals surface area contributed by atoms with E-state index in [1.54, 1.807) is 0 Å². The van der Waals surface area contributed by atoms with E-state index in [1.165, 1.54) is 0 Å². The number of carbonyl (C=O) groups is 10. The van der Waals surface area contributed by atoms with Crippen LogP contribution in [-0.4, -0.2) is 108 Å². The van der Waals surface area contributed by atoms with Crippen LogP contribution in [0.1, 0.15) is 51.4 Å². The highest BCUT2D eigenvalue weighted by Gasteiger charge is 2.84. The Morgan fingerprint density at radius 2 is 1.30 bits per heavy atom. The molecule has 0 aromatic rings. The molecule has 7 atom stereocenters. The van der Waals surface area contributed by atoms with Crippen LogP contribution in [0.2, 0.25) is 0 Å². The van der Waals surface area contributed by atoms with Crippen molar-refractivity contribution < 1.29 is 68.4 Å². The summed E-state index contributed by atoms with van der Waals surface area (Å²) in [4.78, 5) is 130. The van der Waals surface area contributed by atoms with Crippen LogP contribution in [0.4, 0.5) is 0 Å². The molecular formula is C25H33N5O14. The molecule has 7 unspecified atom stereocenters. The van der Waals surface area contributed by atoms with Gasteiger partial charge in [0.15, 0.2) is 51.2 Å². The second-order valence-corrected chi connectivity index (χ2v) is 10.9. The van der Waals surface area contributed by atoms with Gasteiger partial charge in [-0.1, -0.05) is 0 Å². The maximum atomic E-state index is 13.9. The summed E-state index contributed by atoms with van der Waals surface area (Å²) in [6, 6.07) is -6.00. The van der Waals surface area contributed by atoms with Crippen molar-refractivity contribution in [3.63, 3.8) is 0 Å². The van der Waals surface area contributed by atoms with Gasteiger partial charge < -0.3 is 49.1 Å². The average molecular weight is 628 g/mol. The van der Waals surface area contributed by atoms with E-state index < -0.39 is 150 Å². The third-order valence-electron chi connectivity index (χ3n) is 8.45. The van der Waals surface area contributed by atoms with Gasteiger partial charge in [0.2, 0.25) is 5.41 Å². The van der Waals surface area contributed by atoms with Gasteiger partial charge in [0.05, 0.1) is 18.1 Å². The maximum Gasteiger partial charge on any atom is 0.333 e. The highest BCUT2D eigenvalue weighted by Crippen LogP contribution is 2.56. The fraction of sp³-hybridized carbons (Fsp3) is 0.600. The van der Waals surface area contributed by atoms with Crippen LogP contribution in [0.3, 0.4) is 0 Å². The summed E-state index contributed by atoms with van der Waals surface area (Å²) >= 11 is 0. The molecule has 14 N–H and O–H groups in total. The summed E-state index contributed by atoms with van der Waals surface area (Å²) in [6.45, 7) is 0. The Hall–Kier alpha value is -4.30. The van der Waals surface area contributed by atoms with E-state index in [2.05, 4.69) is 0 Å². The average Bonchev–Trinajstić information content (AvgIpc) is 2.94. The van der Waals surface area contributed by atoms with E-state index in [4.69, 9.17) is 33.8 Å². The Bertz CT molecular complexity index is 1360. The fourth-order valence-electron chi connectivity index (χ4n) is 5.98. The number of carboxylic acid groups (broad SMARTS) is 4. The predicted molar refractivity (Wildman–Crippen MR) is 140 cm³/mol. The third-order valence-corrected chi connectivity index (χ3v) is 8.45. The van der Waals surface area contributed by atoms with E-state index in [0.29, 0.717) is 0 Å². The lowest BCUT2D eigenvalue weighted by molar-refractivity contribution is -0.192. The Labute approximate surface area is 247 Å². The van der Waals surface area contributed by atoms with Crippen molar-refractivity contribution in [1.29, 1.82) is 0 Å². The van der Waals surface area contributed by atoms with Crippen molar-refractivity contribution in [3.8, 4) is 0 Å². The monoisotopic (exact) mass is 627 g/mol. The molecular weight excluding hydrogens is 594 g/mol. The van der Waals surface area contributed by atoms with Crippen LogP contribution < -0.4 is 28.7 Å². The Kier molecular flexibility index (Phi) is 10.1. The quantitative estimate of drug-likeness (QED) is 0.0815. The Morgan fingerprint density at radius 1 is 0.795 bits per heavy atom. The number of nitrogens with two attached hydrogens (primary N) is 5. The van der Waals surface area contributed by atoms with E-state index in [-0.39, 0.29) is 0 Å². The lowest BCUT2D eigenvalue weighted by Crippen LogP contribution is -2.85. The van der Waals surface area contributed by atoms with Gasteiger partial charge in [0.25, 0.3) is 0 Å². The van der Waals surface area contributed by atoms with E-state index in [0.717, 1.165) is 0 Å². The van der Waals surface area contributed by atoms with Gasteiger partial charge in [-0.15, -0.1) is 0 Å². The first kappa shape index (κ1) is 35.9. The van der Waals surface area contributed by atoms with Gasteiger partial charge in [0.1, 0.15) is 0 Å². The van der Waals surface area contributed by atoms with E-state index >= 15 is 0 Å². The first-order valence-corrected chi connectivity index (χ1v) is 13.1. The molecule has 0 bridgehead atoms. The number of ketones is 6. The molecule has 0 saturated heterocycles. The molecule has 2 aliphatic rings. The standard InChI is InChI=1S/C25H33N5O14/c26-9-2-5-13(32)23(16(9)36,20(41)42)24(14(33)6-3-10(27)17(24)37)25(30,21(43)44)18(38)11(28)1-4-12(31)22(29,19(39)40)8-7-15(34)35/h9-11H,1-8,26-30H2,(H,34,35)(H,39,40)(H,41,42)(H,43,44). The van der Waals surface area contributed by atoms with E-state index in [9.17, 15) is 63.3 Å². The van der Waals surface area contributed by atoms with Crippen LogP contribution in [0, 0.1) is 10.8 Å². The summed E-state index contributed by atoms with van der Waals surface area (Å²) in [6.07, 6.45) is -6.46. The number of Topliss-reactive ketones (excluding diaryl/α,β-unsaturated/α-hetero) is 6. The van der Waals surface area contributed by atoms with Crippen LogP contribution in [0.25, 0.3) is 0 Å². The van der Waals surface area contributed by atoms with Crippen molar-refractivity contribution >= 4 is 58.6 Å². The van der Waals surface area contributed by atoms with Crippen molar-refractivity contribution in [2.75, 3.05) is 0 Å². The summed E-state index contributed by atoms with van der Waals surface area (Å²) < 4.78 is 0. The van der Waals surface area contributed by atoms with Crippen molar-refractivity contribution in [1.82, 2.24) is 0 Å². The fourth-order valence-corrected chi connectivity index (χ4v) is 5.98. The van der Waals surface area contributed by atoms with Crippen LogP contribution in [-0.2, 0) is 47.9 Å². The molecule has 19 heteroatoms. The van der Waals surface area contributed by atoms with Gasteiger partial charge in [-0.25, -0.2) is 9.59 Å². The second-order valence-electron chi connectivity index (χ2n) is 10.9. The largest absolute Gasteiger partial charge is 0.481 e. The zero-order valence-electron chi connectivity index (χ0n) is 23.1. The molecule has 0 amide bonds. The molecule has 0 radical (unpaired) electrons. The smallest absolute Gasteiger partial charge is 0.333 e. The van der Waals surface area contributed by atoms with Crippen molar-refractivity contribution in [2.45, 2.75) is 80.6 Å². The van der Waals surface area contributed by atoms with Crippen LogP contribution in [0.15, 0.2) is 0 Å². The molecule has 0 aromatic heterocycles. The zero-order valence-corrected chi connectivity index (χ0v) is 23.1. The van der Waals surface area contributed by atoms with E-state index in [1.807, 2.05) is 0 Å². The molecule has 19 nitrogen and oxygen atoms in total. The van der Waals surface area contributed by atoms with Crippen LogP contribution in [0.5, 0.6) is 0 Å². The lowest BCUT2D eigenvalue weighted by atomic mass is 9.42. The second kappa shape index (κ2) is 12.4. The highest BCUT2D eigenvalue weighted by molar-refractivity contribution is 6.37. The number of carbonyl (C=O) groups excluding carboxylic acids is 6. The summed E-state index contributed by atoms with van der Waals surface area (Å²) in [7, 11) is 0. The number of carboxylic acids is 4. The number of hydrogen-bond acceptors (Lipinski definition) is 15. The van der Waals surface area contributed by atoms with Crippen molar-refractivity contribution in [3.05, 3.63) is 0 Å². The molecule has 2 saturated carbocycles.